The van der Waals surface area contributed by atoms with Gasteiger partial charge in [0.05, 0.1) is 0 Å². The number of hydrogen-bond donors (Lipinski definition) is 3. The Morgan fingerprint density at radius 2 is 1.77 bits per heavy atom. The lowest BCUT2D eigenvalue weighted by Crippen LogP contribution is -2.44. The van der Waals surface area contributed by atoms with Crippen molar-refractivity contribution in [1.29, 1.82) is 0 Å². The fourth-order valence-corrected chi connectivity index (χ4v) is 2.98. The van der Waals surface area contributed by atoms with Crippen molar-refractivity contribution in [2.45, 2.75) is 26.2 Å². The number of halogens is 1. The third-order valence-corrected chi connectivity index (χ3v) is 4.38. The van der Waals surface area contributed by atoms with E-state index in [1.807, 2.05) is 31.2 Å². The highest BCUT2D eigenvalue weighted by Gasteiger charge is 2.09. The third kappa shape index (κ3) is 8.35. The topological polar surface area (TPSA) is 68.8 Å². The van der Waals surface area contributed by atoms with E-state index >= 15 is 0 Å². The van der Waals surface area contributed by atoms with Gasteiger partial charge in [0.15, 0.2) is 5.96 Å². The molecule has 0 radical (unpaired) electrons. The third-order valence-electron chi connectivity index (χ3n) is 4.38. The minimum atomic E-state index is -0.0430. The molecule has 0 bridgehead atoms. The molecule has 1 saturated heterocycles. The summed E-state index contributed by atoms with van der Waals surface area (Å²) in [6.07, 6.45) is 3.99. The van der Waals surface area contributed by atoms with Gasteiger partial charge in [-0.25, -0.2) is 0 Å². The van der Waals surface area contributed by atoms with Crippen molar-refractivity contribution < 1.29 is 4.79 Å². The van der Waals surface area contributed by atoms with Crippen LogP contribution < -0.4 is 16.0 Å². The van der Waals surface area contributed by atoms with Crippen LogP contribution in [0.1, 0.15) is 35.2 Å². The van der Waals surface area contributed by atoms with E-state index in [-0.39, 0.29) is 29.9 Å². The fraction of sp³-hybridized carbons (Fsp3) is 0.579. The van der Waals surface area contributed by atoms with Crippen LogP contribution in [0.2, 0.25) is 0 Å². The van der Waals surface area contributed by atoms with E-state index < -0.39 is 0 Å². The molecular formula is C19H32IN5O. The molecule has 0 saturated carbocycles. The van der Waals surface area contributed by atoms with Gasteiger partial charge in [-0.2, -0.15) is 0 Å². The van der Waals surface area contributed by atoms with Crippen LogP contribution in [-0.4, -0.2) is 63.1 Å². The van der Waals surface area contributed by atoms with Crippen LogP contribution in [0.25, 0.3) is 0 Å². The number of carbonyl (C=O) groups is 1. The van der Waals surface area contributed by atoms with Crippen LogP contribution in [0.5, 0.6) is 0 Å². The predicted molar refractivity (Wildman–Crippen MR) is 119 cm³/mol. The molecule has 3 N–H and O–H groups in total. The van der Waals surface area contributed by atoms with Crippen molar-refractivity contribution in [3.63, 3.8) is 0 Å². The molecule has 146 valence electrons. The Morgan fingerprint density at radius 1 is 1.08 bits per heavy atom. The Kier molecular flexibility index (Phi) is 11.3. The first-order chi connectivity index (χ1) is 12.2. The van der Waals surface area contributed by atoms with E-state index in [4.69, 9.17) is 0 Å². The number of amides is 1. The molecule has 1 fully saturated rings. The zero-order valence-corrected chi connectivity index (χ0v) is 18.2. The van der Waals surface area contributed by atoms with Crippen LogP contribution in [-0.2, 0) is 0 Å². The van der Waals surface area contributed by atoms with Crippen LogP contribution in [0.3, 0.4) is 0 Å². The van der Waals surface area contributed by atoms with Crippen molar-refractivity contribution in [1.82, 2.24) is 20.9 Å². The summed E-state index contributed by atoms with van der Waals surface area (Å²) >= 11 is 0. The molecule has 6 nitrogen and oxygen atoms in total. The quantitative estimate of drug-likeness (QED) is 0.245. The first kappa shape index (κ1) is 22.7. The van der Waals surface area contributed by atoms with Gasteiger partial charge in [0.1, 0.15) is 0 Å². The lowest BCUT2D eigenvalue weighted by atomic mass is 10.1. The maximum atomic E-state index is 12.1. The molecule has 1 aromatic rings. The van der Waals surface area contributed by atoms with E-state index in [2.05, 4.69) is 25.8 Å². The number of aryl methyl sites for hydroxylation is 1. The van der Waals surface area contributed by atoms with Gasteiger partial charge in [-0.1, -0.05) is 24.1 Å². The molecule has 0 unspecified atom stereocenters. The van der Waals surface area contributed by atoms with Crippen LogP contribution in [0, 0.1) is 6.92 Å². The number of piperidine rings is 1. The lowest BCUT2D eigenvalue weighted by molar-refractivity contribution is 0.0954. The van der Waals surface area contributed by atoms with E-state index in [0.29, 0.717) is 18.7 Å². The van der Waals surface area contributed by atoms with Gasteiger partial charge in [0.25, 0.3) is 5.91 Å². The SMILES string of the molecule is CN=C(NCCNC(=O)c1cccc(C)c1)NCCN1CCCCC1.I. The highest BCUT2D eigenvalue weighted by atomic mass is 127. The maximum absolute atomic E-state index is 12.1. The van der Waals surface area contributed by atoms with E-state index in [1.165, 1.54) is 32.4 Å². The molecule has 26 heavy (non-hydrogen) atoms. The first-order valence-corrected chi connectivity index (χ1v) is 9.21. The largest absolute Gasteiger partial charge is 0.355 e. The zero-order chi connectivity index (χ0) is 17.9. The Labute approximate surface area is 174 Å². The summed E-state index contributed by atoms with van der Waals surface area (Å²) in [5, 5.41) is 9.48. The second kappa shape index (κ2) is 12.9. The molecule has 2 rings (SSSR count). The number of guanidine groups is 1. The Hall–Kier alpha value is -1.35. The smallest absolute Gasteiger partial charge is 0.251 e. The molecule has 1 amide bonds. The average Bonchev–Trinajstić information content (AvgIpc) is 2.64. The first-order valence-electron chi connectivity index (χ1n) is 9.21. The number of benzene rings is 1. The Bertz CT molecular complexity index is 573. The van der Waals surface area contributed by atoms with Crippen molar-refractivity contribution in [2.24, 2.45) is 4.99 Å². The van der Waals surface area contributed by atoms with Crippen molar-refractivity contribution >= 4 is 35.8 Å². The summed E-state index contributed by atoms with van der Waals surface area (Å²) in [6.45, 7) is 7.52. The normalized spacial score (nSPS) is 15.1. The minimum Gasteiger partial charge on any atom is -0.355 e. The van der Waals surface area contributed by atoms with Gasteiger partial charge in [-0.05, 0) is 45.0 Å². The molecule has 1 heterocycles. The van der Waals surface area contributed by atoms with Gasteiger partial charge in [0, 0.05) is 38.8 Å². The number of carbonyl (C=O) groups excluding carboxylic acids is 1. The Balaban J connectivity index is 0.00000338. The molecule has 7 heteroatoms. The number of nitrogens with one attached hydrogen (secondary N) is 3. The molecule has 1 aliphatic rings. The van der Waals surface area contributed by atoms with Gasteiger partial charge in [-0.3, -0.25) is 9.79 Å². The summed E-state index contributed by atoms with van der Waals surface area (Å²) in [7, 11) is 1.77. The molecule has 0 aliphatic carbocycles. The molecular weight excluding hydrogens is 441 g/mol. The molecule has 0 aromatic heterocycles. The number of nitrogens with zero attached hydrogens (tertiary/aromatic N) is 2. The predicted octanol–water partition coefficient (Wildman–Crippen LogP) is 1.99. The zero-order valence-electron chi connectivity index (χ0n) is 15.9. The summed E-state index contributed by atoms with van der Waals surface area (Å²) < 4.78 is 0. The number of aliphatic imine (C=N–C) groups is 1. The van der Waals surface area contributed by atoms with Gasteiger partial charge < -0.3 is 20.9 Å². The average molecular weight is 473 g/mol. The van der Waals surface area contributed by atoms with E-state index in [0.717, 1.165) is 24.6 Å². The highest BCUT2D eigenvalue weighted by molar-refractivity contribution is 14.0. The molecule has 0 atom stereocenters. The van der Waals surface area contributed by atoms with Crippen molar-refractivity contribution in [3.05, 3.63) is 35.4 Å². The fourth-order valence-electron chi connectivity index (χ4n) is 2.98. The number of likely N-dealkylation sites (tertiary alicyclic amines) is 1. The summed E-state index contributed by atoms with van der Waals surface area (Å²) in [4.78, 5) is 18.8. The number of hydrogen-bond acceptors (Lipinski definition) is 3. The van der Waals surface area contributed by atoms with Crippen molar-refractivity contribution in [2.75, 3.05) is 46.3 Å². The minimum absolute atomic E-state index is 0. The van der Waals surface area contributed by atoms with Gasteiger partial charge in [0.2, 0.25) is 0 Å². The highest BCUT2D eigenvalue weighted by Crippen LogP contribution is 2.07. The van der Waals surface area contributed by atoms with Crippen LogP contribution >= 0.6 is 24.0 Å². The van der Waals surface area contributed by atoms with Crippen molar-refractivity contribution in [3.8, 4) is 0 Å². The van der Waals surface area contributed by atoms with Crippen LogP contribution in [0.15, 0.2) is 29.3 Å². The van der Waals surface area contributed by atoms with E-state index in [1.54, 1.807) is 7.05 Å². The second-order valence-corrected chi connectivity index (χ2v) is 6.45. The van der Waals surface area contributed by atoms with Gasteiger partial charge in [-0.15, -0.1) is 24.0 Å². The summed E-state index contributed by atoms with van der Waals surface area (Å²) in [6, 6.07) is 7.61. The van der Waals surface area contributed by atoms with E-state index in [9.17, 15) is 4.79 Å². The van der Waals surface area contributed by atoms with Crippen LogP contribution in [0.4, 0.5) is 0 Å². The second-order valence-electron chi connectivity index (χ2n) is 6.45. The summed E-state index contributed by atoms with van der Waals surface area (Å²) in [5.41, 5.74) is 1.79. The number of rotatable bonds is 7. The molecule has 1 aromatic carbocycles. The molecule has 1 aliphatic heterocycles. The lowest BCUT2D eigenvalue weighted by Gasteiger charge is -2.26. The summed E-state index contributed by atoms with van der Waals surface area (Å²) in [5.74, 6) is 0.736. The monoisotopic (exact) mass is 473 g/mol. The van der Waals surface area contributed by atoms with Gasteiger partial charge >= 0.3 is 0 Å². The standard InChI is InChI=1S/C19H31N5O.HI/c1-16-7-6-8-17(15-16)18(25)21-9-10-22-19(20-2)23-11-14-24-12-4-3-5-13-24;/h6-8,15H,3-5,9-14H2,1-2H3,(H,21,25)(H2,20,22,23);1H. The Morgan fingerprint density at radius 3 is 2.46 bits per heavy atom. The molecule has 0 spiro atoms. The maximum Gasteiger partial charge on any atom is 0.251 e.